The first-order chi connectivity index (χ1) is 13.7. The molecule has 3 rings (SSSR count). The third kappa shape index (κ3) is 5.01. The second kappa shape index (κ2) is 8.60. The Bertz CT molecular complexity index is 1080. The fourth-order valence-corrected chi connectivity index (χ4v) is 4.47. The number of rotatable bonds is 5. The lowest BCUT2D eigenvalue weighted by Crippen LogP contribution is -2.35. The third-order valence-electron chi connectivity index (χ3n) is 4.48. The standard InChI is InChI=1S/C19H19BrFN3O4S/c1-24(11-19(26)23-17-7-5-13(20)10-15(17)21)29(27,28)14-6-8-16-12(9-14)3-2-4-18(25)22-16/h5-10H,2-4,11H2,1H3,(H,22,25)(H,23,26). The summed E-state index contributed by atoms with van der Waals surface area (Å²) < 4.78 is 41.0. The number of sulfonamides is 1. The van der Waals surface area contributed by atoms with E-state index < -0.39 is 28.3 Å². The van der Waals surface area contributed by atoms with Crippen molar-refractivity contribution >= 4 is 49.1 Å². The molecular formula is C19H19BrFN3O4S. The number of carbonyl (C=O) groups excluding carboxylic acids is 2. The minimum Gasteiger partial charge on any atom is -0.326 e. The number of hydrogen-bond donors (Lipinski definition) is 2. The molecule has 2 amide bonds. The highest BCUT2D eigenvalue weighted by atomic mass is 79.9. The lowest BCUT2D eigenvalue weighted by molar-refractivity contribution is -0.117. The van der Waals surface area contributed by atoms with Gasteiger partial charge in [-0.1, -0.05) is 15.9 Å². The fraction of sp³-hybridized carbons (Fsp3) is 0.263. The molecule has 29 heavy (non-hydrogen) atoms. The van der Waals surface area contributed by atoms with Crippen LogP contribution in [0.1, 0.15) is 18.4 Å². The quantitative estimate of drug-likeness (QED) is 0.682. The van der Waals surface area contributed by atoms with E-state index in [0.29, 0.717) is 29.4 Å². The van der Waals surface area contributed by atoms with Crippen LogP contribution in [0.5, 0.6) is 0 Å². The number of halogens is 2. The zero-order valence-electron chi connectivity index (χ0n) is 15.5. The summed E-state index contributed by atoms with van der Waals surface area (Å²) in [7, 11) is -2.67. The van der Waals surface area contributed by atoms with Crippen LogP contribution in [0.3, 0.4) is 0 Å². The number of nitrogens with zero attached hydrogens (tertiary/aromatic N) is 1. The Labute approximate surface area is 176 Å². The maximum absolute atomic E-state index is 13.9. The van der Waals surface area contributed by atoms with Crippen LogP contribution in [0, 0.1) is 5.82 Å². The molecule has 0 radical (unpaired) electrons. The highest BCUT2D eigenvalue weighted by molar-refractivity contribution is 9.10. The van der Waals surface area contributed by atoms with Gasteiger partial charge in [0.25, 0.3) is 0 Å². The van der Waals surface area contributed by atoms with Gasteiger partial charge in [-0.25, -0.2) is 12.8 Å². The largest absolute Gasteiger partial charge is 0.326 e. The zero-order chi connectivity index (χ0) is 21.2. The van der Waals surface area contributed by atoms with E-state index >= 15 is 0 Å². The maximum Gasteiger partial charge on any atom is 0.243 e. The molecule has 7 nitrogen and oxygen atoms in total. The first-order valence-electron chi connectivity index (χ1n) is 8.81. The molecule has 0 spiro atoms. The average Bonchev–Trinajstić information content (AvgIpc) is 2.83. The van der Waals surface area contributed by atoms with Gasteiger partial charge in [-0.15, -0.1) is 0 Å². The van der Waals surface area contributed by atoms with Crippen LogP contribution >= 0.6 is 15.9 Å². The van der Waals surface area contributed by atoms with E-state index in [1.165, 1.54) is 31.3 Å². The van der Waals surface area contributed by atoms with Crippen LogP contribution in [0.4, 0.5) is 15.8 Å². The Morgan fingerprint density at radius 2 is 2.00 bits per heavy atom. The van der Waals surface area contributed by atoms with Gasteiger partial charge in [0.05, 0.1) is 17.1 Å². The number of amides is 2. The SMILES string of the molecule is CN(CC(=O)Nc1ccc(Br)cc1F)S(=O)(=O)c1ccc2c(c1)CCCC(=O)N2. The van der Waals surface area contributed by atoms with Gasteiger partial charge < -0.3 is 10.6 Å². The number of likely N-dealkylation sites (N-methyl/N-ethyl adjacent to an activating group) is 1. The molecular weight excluding hydrogens is 465 g/mol. The lowest BCUT2D eigenvalue weighted by atomic mass is 10.1. The molecule has 2 N–H and O–H groups in total. The van der Waals surface area contributed by atoms with E-state index in [2.05, 4.69) is 26.6 Å². The van der Waals surface area contributed by atoms with E-state index in [0.717, 1.165) is 9.87 Å². The molecule has 1 aliphatic heterocycles. The number of aryl methyl sites for hydroxylation is 1. The van der Waals surface area contributed by atoms with Gasteiger partial charge in [0.1, 0.15) is 5.82 Å². The number of carbonyl (C=O) groups is 2. The maximum atomic E-state index is 13.9. The average molecular weight is 484 g/mol. The van der Waals surface area contributed by atoms with Crippen molar-refractivity contribution in [1.82, 2.24) is 4.31 Å². The highest BCUT2D eigenvalue weighted by Gasteiger charge is 2.25. The summed E-state index contributed by atoms with van der Waals surface area (Å²) in [5.74, 6) is -1.40. The van der Waals surface area contributed by atoms with E-state index in [1.807, 2.05) is 0 Å². The van der Waals surface area contributed by atoms with Crippen molar-refractivity contribution in [3.05, 3.63) is 52.3 Å². The lowest BCUT2D eigenvalue weighted by Gasteiger charge is -2.18. The van der Waals surface area contributed by atoms with Gasteiger partial charge in [0.2, 0.25) is 21.8 Å². The van der Waals surface area contributed by atoms with Crippen LogP contribution in [0.2, 0.25) is 0 Å². The Balaban J connectivity index is 1.74. The van der Waals surface area contributed by atoms with E-state index in [1.54, 1.807) is 12.1 Å². The van der Waals surface area contributed by atoms with Gasteiger partial charge in [-0.2, -0.15) is 4.31 Å². The third-order valence-corrected chi connectivity index (χ3v) is 6.77. The van der Waals surface area contributed by atoms with Crippen molar-refractivity contribution in [3.8, 4) is 0 Å². The van der Waals surface area contributed by atoms with Crippen LogP contribution in [-0.4, -0.2) is 38.1 Å². The molecule has 2 aromatic carbocycles. The molecule has 2 aromatic rings. The molecule has 154 valence electrons. The van der Waals surface area contributed by atoms with Crippen LogP contribution in [0.25, 0.3) is 0 Å². The molecule has 1 aliphatic rings. The molecule has 0 saturated carbocycles. The molecule has 10 heteroatoms. The number of benzene rings is 2. The molecule has 0 bridgehead atoms. The summed E-state index contributed by atoms with van der Waals surface area (Å²) in [6.07, 6.45) is 1.58. The Morgan fingerprint density at radius 1 is 1.24 bits per heavy atom. The summed E-state index contributed by atoms with van der Waals surface area (Å²) in [4.78, 5) is 23.9. The van der Waals surface area contributed by atoms with E-state index in [-0.39, 0.29) is 16.5 Å². The molecule has 0 unspecified atom stereocenters. The predicted molar refractivity (Wildman–Crippen MR) is 111 cm³/mol. The first-order valence-corrected chi connectivity index (χ1v) is 11.0. The molecule has 1 heterocycles. The van der Waals surface area contributed by atoms with Crippen molar-refractivity contribution in [2.24, 2.45) is 0 Å². The zero-order valence-corrected chi connectivity index (χ0v) is 17.9. The first kappa shape index (κ1) is 21.4. The second-order valence-electron chi connectivity index (χ2n) is 6.65. The van der Waals surface area contributed by atoms with E-state index in [4.69, 9.17) is 0 Å². The van der Waals surface area contributed by atoms with E-state index in [9.17, 15) is 22.4 Å². The summed E-state index contributed by atoms with van der Waals surface area (Å²) in [6.45, 7) is -0.480. The molecule has 0 aromatic heterocycles. The minimum atomic E-state index is -3.94. The predicted octanol–water partition coefficient (Wildman–Crippen LogP) is 3.12. The van der Waals surface area contributed by atoms with Gasteiger partial charge in [0.15, 0.2) is 0 Å². The summed E-state index contributed by atoms with van der Waals surface area (Å²) in [5.41, 5.74) is 1.29. The summed E-state index contributed by atoms with van der Waals surface area (Å²) in [6, 6.07) is 8.60. The van der Waals surface area contributed by atoms with Crippen LogP contribution < -0.4 is 10.6 Å². The summed E-state index contributed by atoms with van der Waals surface area (Å²) in [5, 5.41) is 5.12. The monoisotopic (exact) mass is 483 g/mol. The van der Waals surface area contributed by atoms with Crippen LogP contribution in [0.15, 0.2) is 45.8 Å². The topological polar surface area (TPSA) is 95.6 Å². The normalized spacial score (nSPS) is 14.1. The van der Waals surface area contributed by atoms with Crippen molar-refractivity contribution in [2.45, 2.75) is 24.2 Å². The Morgan fingerprint density at radius 3 is 2.72 bits per heavy atom. The van der Waals surface area contributed by atoms with Crippen molar-refractivity contribution in [2.75, 3.05) is 24.2 Å². The van der Waals surface area contributed by atoms with Crippen LogP contribution in [-0.2, 0) is 26.0 Å². The number of nitrogens with one attached hydrogen (secondary N) is 2. The van der Waals surface area contributed by atoms with Gasteiger partial charge in [-0.3, -0.25) is 9.59 Å². The van der Waals surface area contributed by atoms with Crippen molar-refractivity contribution in [1.29, 1.82) is 0 Å². The van der Waals surface area contributed by atoms with Gasteiger partial charge in [0, 0.05) is 23.6 Å². The number of hydrogen-bond acceptors (Lipinski definition) is 4. The second-order valence-corrected chi connectivity index (χ2v) is 9.61. The van der Waals surface area contributed by atoms with Crippen molar-refractivity contribution < 1.29 is 22.4 Å². The minimum absolute atomic E-state index is 0.0255. The van der Waals surface area contributed by atoms with Gasteiger partial charge >= 0.3 is 0 Å². The fourth-order valence-electron chi connectivity index (χ4n) is 2.96. The molecule has 0 atom stereocenters. The highest BCUT2D eigenvalue weighted by Crippen LogP contribution is 2.26. The van der Waals surface area contributed by atoms with Gasteiger partial charge in [-0.05, 0) is 54.8 Å². The summed E-state index contributed by atoms with van der Waals surface area (Å²) >= 11 is 3.13. The van der Waals surface area contributed by atoms with Crippen molar-refractivity contribution in [3.63, 3.8) is 0 Å². The number of anilines is 2. The molecule has 0 aliphatic carbocycles. The smallest absolute Gasteiger partial charge is 0.243 e. The molecule has 0 saturated heterocycles. The number of fused-ring (bicyclic) bond motifs is 1. The Kier molecular flexibility index (Phi) is 6.35. The molecule has 0 fully saturated rings. The Hall–Kier alpha value is -2.30.